The molecule has 0 unspecified atom stereocenters. The number of halogens is 1. The Morgan fingerprint density at radius 2 is 1.11 bits per heavy atom. The van der Waals surface area contributed by atoms with Crippen molar-refractivity contribution in [3.05, 3.63) is 0 Å². The highest BCUT2D eigenvalue weighted by molar-refractivity contribution is 9.23. The molecule has 0 N–H and O–H groups in total. The second-order valence-electron chi connectivity index (χ2n) is 6.58. The Bertz CT molecular complexity index is 168. The standard InChI is InChI=1S/C16H35BrSi/c1-4-5-6-7-8-9-10-11-12-13-14-15-16(2,3)18-17/h4-15,18H2,1-3H3. The lowest BCUT2D eigenvalue weighted by molar-refractivity contribution is 0.514. The van der Waals surface area contributed by atoms with Crippen molar-refractivity contribution in [2.75, 3.05) is 0 Å². The van der Waals surface area contributed by atoms with E-state index in [4.69, 9.17) is 0 Å². The quantitative estimate of drug-likeness (QED) is 0.208. The van der Waals surface area contributed by atoms with Gasteiger partial charge in [-0.15, -0.1) is 15.3 Å². The van der Waals surface area contributed by atoms with Crippen LogP contribution in [0.5, 0.6) is 0 Å². The molecule has 0 nitrogen and oxygen atoms in total. The van der Waals surface area contributed by atoms with Crippen LogP contribution in [0.1, 0.15) is 97.8 Å². The average Bonchev–Trinajstić information content (AvgIpc) is 2.36. The maximum atomic E-state index is 3.74. The zero-order chi connectivity index (χ0) is 13.7. The zero-order valence-electron chi connectivity index (χ0n) is 13.1. The van der Waals surface area contributed by atoms with Crippen molar-refractivity contribution in [1.29, 1.82) is 0 Å². The predicted octanol–water partition coefficient (Wildman–Crippen LogP) is 6.36. The maximum absolute atomic E-state index is 3.74. The molecule has 110 valence electrons. The number of hydrogen-bond donors (Lipinski definition) is 0. The van der Waals surface area contributed by atoms with Crippen LogP contribution in [0.3, 0.4) is 0 Å². The Morgan fingerprint density at radius 1 is 0.722 bits per heavy atom. The van der Waals surface area contributed by atoms with Gasteiger partial charge in [0.1, 0.15) is 8.14 Å². The molecule has 0 atom stereocenters. The molecule has 0 aliphatic carbocycles. The molecule has 0 aromatic heterocycles. The molecule has 0 heterocycles. The fourth-order valence-electron chi connectivity index (χ4n) is 2.33. The van der Waals surface area contributed by atoms with E-state index in [-0.39, 0.29) is 8.14 Å². The van der Waals surface area contributed by atoms with Crippen molar-refractivity contribution in [3.8, 4) is 0 Å². The lowest BCUT2D eigenvalue weighted by atomic mass is 10.0. The van der Waals surface area contributed by atoms with Crippen molar-refractivity contribution < 1.29 is 0 Å². The molecular weight excluding hydrogens is 300 g/mol. The van der Waals surface area contributed by atoms with Crippen molar-refractivity contribution >= 4 is 23.4 Å². The van der Waals surface area contributed by atoms with Crippen LogP contribution in [-0.4, -0.2) is 8.14 Å². The summed E-state index contributed by atoms with van der Waals surface area (Å²) in [6.45, 7) is 7.13. The van der Waals surface area contributed by atoms with Gasteiger partial charge in [0.2, 0.25) is 0 Å². The van der Waals surface area contributed by atoms with Crippen molar-refractivity contribution in [2.45, 2.75) is 103 Å². The minimum Gasteiger partial charge on any atom is -0.135 e. The minimum absolute atomic E-state index is 0.00370. The molecule has 0 saturated carbocycles. The van der Waals surface area contributed by atoms with Gasteiger partial charge in [-0.2, -0.15) is 0 Å². The summed E-state index contributed by atoms with van der Waals surface area (Å²) in [6.07, 6.45) is 17.4. The van der Waals surface area contributed by atoms with Crippen LogP contribution in [0.4, 0.5) is 0 Å². The molecule has 0 saturated heterocycles. The van der Waals surface area contributed by atoms with Crippen molar-refractivity contribution in [1.82, 2.24) is 0 Å². The number of hydrogen-bond acceptors (Lipinski definition) is 0. The normalized spacial score (nSPS) is 12.7. The topological polar surface area (TPSA) is 0 Å². The first-order chi connectivity index (χ1) is 8.62. The predicted molar refractivity (Wildman–Crippen MR) is 92.6 cm³/mol. The summed E-state index contributed by atoms with van der Waals surface area (Å²) in [5.41, 5.74) is 0. The summed E-state index contributed by atoms with van der Waals surface area (Å²) >= 11 is 3.74. The molecule has 0 spiro atoms. The van der Waals surface area contributed by atoms with E-state index >= 15 is 0 Å². The Hall–Kier alpha value is 0.697. The average molecular weight is 335 g/mol. The van der Waals surface area contributed by atoms with Crippen LogP contribution in [-0.2, 0) is 0 Å². The van der Waals surface area contributed by atoms with Gasteiger partial charge in [-0.25, -0.2) is 0 Å². The smallest absolute Gasteiger partial charge is 0.104 e. The molecule has 0 aromatic rings. The van der Waals surface area contributed by atoms with Crippen molar-refractivity contribution in [3.63, 3.8) is 0 Å². The van der Waals surface area contributed by atoms with Crippen LogP contribution in [0, 0.1) is 0 Å². The minimum atomic E-state index is -0.00370. The zero-order valence-corrected chi connectivity index (χ0v) is 16.1. The molecule has 0 amide bonds. The van der Waals surface area contributed by atoms with Gasteiger partial charge in [0.05, 0.1) is 0 Å². The molecule has 0 aliphatic heterocycles. The summed E-state index contributed by atoms with van der Waals surface area (Å²) in [5.74, 6) is 0. The largest absolute Gasteiger partial charge is 0.135 e. The van der Waals surface area contributed by atoms with Gasteiger partial charge in [0.25, 0.3) is 0 Å². The van der Waals surface area contributed by atoms with E-state index in [0.717, 1.165) is 0 Å². The van der Waals surface area contributed by atoms with E-state index in [1.807, 2.05) is 0 Å². The summed E-state index contributed by atoms with van der Waals surface area (Å²) in [5, 5.41) is 0.638. The van der Waals surface area contributed by atoms with Crippen LogP contribution >= 0.6 is 15.3 Å². The monoisotopic (exact) mass is 334 g/mol. The molecule has 0 bridgehead atoms. The number of rotatable bonds is 13. The second-order valence-corrected chi connectivity index (χ2v) is 10.4. The molecule has 0 rings (SSSR count). The Kier molecular flexibility index (Phi) is 13.2. The highest BCUT2D eigenvalue weighted by atomic mass is 79.9. The lowest BCUT2D eigenvalue weighted by Gasteiger charge is -2.20. The second kappa shape index (κ2) is 12.7. The van der Waals surface area contributed by atoms with E-state index < -0.39 is 0 Å². The van der Waals surface area contributed by atoms with Gasteiger partial charge >= 0.3 is 0 Å². The van der Waals surface area contributed by atoms with Gasteiger partial charge in [-0.1, -0.05) is 97.8 Å². The summed E-state index contributed by atoms with van der Waals surface area (Å²) in [7, 11) is -0.00370. The van der Waals surface area contributed by atoms with Crippen LogP contribution < -0.4 is 0 Å². The molecule has 0 aromatic carbocycles. The first kappa shape index (κ1) is 18.7. The van der Waals surface area contributed by atoms with E-state index in [1.54, 1.807) is 0 Å². The maximum Gasteiger partial charge on any atom is 0.104 e. The van der Waals surface area contributed by atoms with Gasteiger partial charge in [0.15, 0.2) is 0 Å². The highest BCUT2D eigenvalue weighted by Gasteiger charge is 2.15. The van der Waals surface area contributed by atoms with E-state index in [9.17, 15) is 0 Å². The van der Waals surface area contributed by atoms with Crippen LogP contribution in [0.25, 0.3) is 0 Å². The molecule has 0 radical (unpaired) electrons. The summed E-state index contributed by atoms with van der Waals surface area (Å²) < 4.78 is 0. The number of unbranched alkanes of at least 4 members (excludes halogenated alkanes) is 10. The van der Waals surface area contributed by atoms with Gasteiger partial charge in [0, 0.05) is 0 Å². The van der Waals surface area contributed by atoms with E-state index in [1.165, 1.54) is 77.0 Å². The van der Waals surface area contributed by atoms with Crippen LogP contribution in [0.2, 0.25) is 5.04 Å². The molecule has 0 aliphatic rings. The fraction of sp³-hybridized carbons (Fsp3) is 1.00. The first-order valence-electron chi connectivity index (χ1n) is 8.18. The van der Waals surface area contributed by atoms with E-state index in [2.05, 4.69) is 36.1 Å². The summed E-state index contributed by atoms with van der Waals surface area (Å²) in [4.78, 5) is 0. The third kappa shape index (κ3) is 13.1. The molecular formula is C16H35BrSi. The molecule has 18 heavy (non-hydrogen) atoms. The molecule has 0 fully saturated rings. The van der Waals surface area contributed by atoms with Gasteiger partial charge < -0.3 is 0 Å². The summed E-state index contributed by atoms with van der Waals surface area (Å²) in [6, 6.07) is 0. The third-order valence-corrected chi connectivity index (χ3v) is 9.45. The van der Waals surface area contributed by atoms with Gasteiger partial charge in [-0.3, -0.25) is 0 Å². The Morgan fingerprint density at radius 3 is 1.50 bits per heavy atom. The fourth-order valence-corrected chi connectivity index (χ4v) is 3.56. The SMILES string of the molecule is CCCCCCCCCCCCCC(C)(C)[SiH2]Br. The van der Waals surface area contributed by atoms with Gasteiger partial charge in [-0.05, 0) is 5.04 Å². The highest BCUT2D eigenvalue weighted by Crippen LogP contribution is 2.31. The first-order valence-corrected chi connectivity index (χ1v) is 12.8. The van der Waals surface area contributed by atoms with Crippen molar-refractivity contribution in [2.24, 2.45) is 0 Å². The lowest BCUT2D eigenvalue weighted by Crippen LogP contribution is -2.07. The van der Waals surface area contributed by atoms with Crippen LogP contribution in [0.15, 0.2) is 0 Å². The Balaban J connectivity index is 3.08. The Labute approximate surface area is 126 Å². The third-order valence-electron chi connectivity index (χ3n) is 3.82. The molecule has 2 heteroatoms. The van der Waals surface area contributed by atoms with E-state index in [0.29, 0.717) is 5.04 Å².